The molecule has 0 aromatic heterocycles. The van der Waals surface area contributed by atoms with Crippen LogP contribution >= 0.6 is 0 Å². The van der Waals surface area contributed by atoms with Crippen LogP contribution in [0.25, 0.3) is 0 Å². The third-order valence-electron chi connectivity index (χ3n) is 5.69. The highest BCUT2D eigenvalue weighted by Gasteiger charge is 2.27. The van der Waals surface area contributed by atoms with Crippen LogP contribution in [0.15, 0.2) is 18.2 Å². The average molecular weight is 522 g/mol. The lowest BCUT2D eigenvalue weighted by Crippen LogP contribution is -2.41. The Bertz CT molecular complexity index is 923. The molecule has 0 aliphatic rings. The van der Waals surface area contributed by atoms with Gasteiger partial charge in [0, 0.05) is 19.4 Å². The maximum atomic E-state index is 12.4. The molecule has 0 amide bonds. The topological polar surface area (TPSA) is 117 Å². The van der Waals surface area contributed by atoms with Crippen LogP contribution in [0.4, 0.5) is 0 Å². The maximum absolute atomic E-state index is 12.4. The number of benzene rings is 1. The van der Waals surface area contributed by atoms with Crippen molar-refractivity contribution in [3.05, 3.63) is 23.8 Å². The molecule has 1 N–H and O–H groups in total. The largest absolute Gasteiger partial charge is 0.468 e. The Morgan fingerprint density at radius 1 is 0.919 bits per heavy atom. The first-order valence-corrected chi connectivity index (χ1v) is 12.8. The van der Waals surface area contributed by atoms with E-state index in [0.29, 0.717) is 12.0 Å². The van der Waals surface area contributed by atoms with Gasteiger partial charge in [-0.3, -0.25) is 19.2 Å². The van der Waals surface area contributed by atoms with Crippen LogP contribution in [-0.4, -0.2) is 50.2 Å². The minimum atomic E-state index is -0.739. The first kappa shape index (κ1) is 32.1. The predicted molar refractivity (Wildman–Crippen MR) is 139 cm³/mol. The van der Waals surface area contributed by atoms with Crippen molar-refractivity contribution in [1.82, 2.24) is 5.32 Å². The van der Waals surface area contributed by atoms with Gasteiger partial charge in [0.1, 0.15) is 12.6 Å². The molecule has 0 unspecified atom stereocenters. The Morgan fingerprint density at radius 2 is 1.49 bits per heavy atom. The van der Waals surface area contributed by atoms with E-state index in [0.717, 1.165) is 0 Å². The van der Waals surface area contributed by atoms with Gasteiger partial charge in [-0.1, -0.05) is 40.7 Å². The number of carbonyl (C=O) groups is 4. The summed E-state index contributed by atoms with van der Waals surface area (Å²) in [6.07, 6.45) is 1.27. The van der Waals surface area contributed by atoms with Gasteiger partial charge >= 0.3 is 23.9 Å². The van der Waals surface area contributed by atoms with Crippen LogP contribution in [0.3, 0.4) is 0 Å². The fourth-order valence-electron chi connectivity index (χ4n) is 3.17. The summed E-state index contributed by atoms with van der Waals surface area (Å²) >= 11 is 0. The number of hydrogen-bond donors (Lipinski definition) is 1. The summed E-state index contributed by atoms with van der Waals surface area (Å²) in [5.74, 6) is -1.23. The second kappa shape index (κ2) is 15.3. The van der Waals surface area contributed by atoms with Gasteiger partial charge in [0.25, 0.3) is 0 Å². The first-order valence-electron chi connectivity index (χ1n) is 12.8. The van der Waals surface area contributed by atoms with Gasteiger partial charge in [-0.15, -0.1) is 0 Å². The lowest BCUT2D eigenvalue weighted by molar-refractivity contribution is -0.154. The van der Waals surface area contributed by atoms with Crippen molar-refractivity contribution >= 4 is 23.9 Å². The zero-order chi connectivity index (χ0) is 28.2. The highest BCUT2D eigenvalue weighted by Crippen LogP contribution is 2.30. The van der Waals surface area contributed by atoms with E-state index in [-0.39, 0.29) is 61.7 Å². The van der Waals surface area contributed by atoms with Gasteiger partial charge in [0.15, 0.2) is 11.5 Å². The normalized spacial score (nSPS) is 12.3. The van der Waals surface area contributed by atoms with Crippen LogP contribution in [0.1, 0.15) is 73.3 Å². The summed E-state index contributed by atoms with van der Waals surface area (Å²) in [6, 6.07) is 4.09. The van der Waals surface area contributed by atoms with Crippen LogP contribution in [0, 0.1) is 17.3 Å². The number of hydrogen-bond acceptors (Lipinski definition) is 9. The predicted octanol–water partition coefficient (Wildman–Crippen LogP) is 4.24. The fourth-order valence-corrected chi connectivity index (χ4v) is 3.17. The van der Waals surface area contributed by atoms with Gasteiger partial charge in [0.05, 0.1) is 12.5 Å². The van der Waals surface area contributed by atoms with Gasteiger partial charge in [-0.2, -0.15) is 0 Å². The molecule has 1 aromatic carbocycles. The number of methoxy groups -OCH3 is 1. The van der Waals surface area contributed by atoms with Crippen LogP contribution < -0.4 is 14.8 Å². The van der Waals surface area contributed by atoms with Gasteiger partial charge in [-0.25, -0.2) is 0 Å². The molecule has 208 valence electrons. The highest BCUT2D eigenvalue weighted by atomic mass is 16.6. The molecular weight excluding hydrogens is 478 g/mol. The third-order valence-corrected chi connectivity index (χ3v) is 5.69. The Labute approximate surface area is 220 Å². The van der Waals surface area contributed by atoms with Crippen molar-refractivity contribution in [2.75, 3.05) is 20.3 Å². The van der Waals surface area contributed by atoms with Crippen LogP contribution in [-0.2, 0) is 35.1 Å². The summed E-state index contributed by atoms with van der Waals surface area (Å²) in [5, 5.41) is 3.05. The summed E-state index contributed by atoms with van der Waals surface area (Å²) in [4.78, 5) is 49.2. The number of carbonyl (C=O) groups excluding carboxylic acids is 4. The van der Waals surface area contributed by atoms with Crippen molar-refractivity contribution in [1.29, 1.82) is 0 Å². The van der Waals surface area contributed by atoms with Crippen molar-refractivity contribution in [3.63, 3.8) is 0 Å². The minimum absolute atomic E-state index is 0.0903. The molecule has 0 aliphatic carbocycles. The van der Waals surface area contributed by atoms with Crippen molar-refractivity contribution in [2.24, 2.45) is 17.3 Å². The monoisotopic (exact) mass is 521 g/mol. The van der Waals surface area contributed by atoms with E-state index in [4.69, 9.17) is 18.9 Å². The van der Waals surface area contributed by atoms with Crippen molar-refractivity contribution in [3.8, 4) is 11.5 Å². The quantitative estimate of drug-likeness (QED) is 0.205. The Kier molecular flexibility index (Phi) is 13.3. The summed E-state index contributed by atoms with van der Waals surface area (Å²) in [7, 11) is 1.29. The Morgan fingerprint density at radius 3 is 2.00 bits per heavy atom. The standard InChI is InChI=1S/C28H43NO8/c1-9-28(6,7)27(33)35-13-12-29-21(26(32)34-8)16-20-10-11-22(36-24(30)14-18(2)3)23(17-20)37-25(31)15-19(4)5/h10-11,17-19,21,29H,9,12-16H2,1-8H3/t21-/m0/s1. The molecule has 1 rings (SSSR count). The maximum Gasteiger partial charge on any atom is 0.323 e. The van der Waals surface area contributed by atoms with Gasteiger partial charge in [0.2, 0.25) is 0 Å². The second-order valence-electron chi connectivity index (χ2n) is 10.5. The van der Waals surface area contributed by atoms with Gasteiger partial charge < -0.3 is 24.3 Å². The average Bonchev–Trinajstić information content (AvgIpc) is 2.80. The number of esters is 4. The molecule has 0 fully saturated rings. The van der Waals surface area contributed by atoms with E-state index < -0.39 is 29.4 Å². The molecule has 1 aromatic rings. The van der Waals surface area contributed by atoms with E-state index in [1.807, 2.05) is 48.5 Å². The molecule has 0 aliphatic heterocycles. The lowest BCUT2D eigenvalue weighted by atomic mass is 9.91. The van der Waals surface area contributed by atoms with Crippen LogP contribution in [0.2, 0.25) is 0 Å². The molecule has 9 heteroatoms. The molecule has 37 heavy (non-hydrogen) atoms. The SMILES string of the molecule is CCC(C)(C)C(=O)OCCN[C@@H](Cc1ccc(OC(=O)CC(C)C)c(OC(=O)CC(C)C)c1)C(=O)OC. The summed E-state index contributed by atoms with van der Waals surface area (Å²) < 4.78 is 21.2. The molecule has 0 saturated heterocycles. The molecule has 0 heterocycles. The lowest BCUT2D eigenvalue weighted by Gasteiger charge is -2.21. The van der Waals surface area contributed by atoms with E-state index >= 15 is 0 Å². The van der Waals surface area contributed by atoms with E-state index in [1.54, 1.807) is 18.2 Å². The molecule has 0 saturated carbocycles. The summed E-state index contributed by atoms with van der Waals surface area (Å²) in [6.45, 7) is 13.5. The fraction of sp³-hybridized carbons (Fsp3) is 0.643. The minimum Gasteiger partial charge on any atom is -0.468 e. The van der Waals surface area contributed by atoms with Gasteiger partial charge in [-0.05, 0) is 56.2 Å². The smallest absolute Gasteiger partial charge is 0.323 e. The molecule has 1 atom stereocenters. The zero-order valence-corrected chi connectivity index (χ0v) is 23.5. The number of ether oxygens (including phenoxy) is 4. The molecule has 0 bridgehead atoms. The molecule has 0 spiro atoms. The Hall–Kier alpha value is -2.94. The van der Waals surface area contributed by atoms with Crippen molar-refractivity contribution in [2.45, 2.75) is 80.2 Å². The summed E-state index contributed by atoms with van der Waals surface area (Å²) in [5.41, 5.74) is 0.0777. The Balaban J connectivity index is 3.01. The second-order valence-corrected chi connectivity index (χ2v) is 10.5. The molecular formula is C28H43NO8. The third kappa shape index (κ3) is 11.8. The molecule has 9 nitrogen and oxygen atoms in total. The van der Waals surface area contributed by atoms with Crippen molar-refractivity contribution < 1.29 is 38.1 Å². The van der Waals surface area contributed by atoms with E-state index in [2.05, 4.69) is 5.32 Å². The molecule has 0 radical (unpaired) electrons. The van der Waals surface area contributed by atoms with Crippen LogP contribution in [0.5, 0.6) is 11.5 Å². The van der Waals surface area contributed by atoms with E-state index in [1.165, 1.54) is 7.11 Å². The number of nitrogens with one attached hydrogen (secondary N) is 1. The zero-order valence-electron chi connectivity index (χ0n) is 23.5. The first-order chi connectivity index (χ1) is 17.3. The highest BCUT2D eigenvalue weighted by molar-refractivity contribution is 5.78. The van der Waals surface area contributed by atoms with E-state index in [9.17, 15) is 19.2 Å². The number of rotatable bonds is 15.